The van der Waals surface area contributed by atoms with Crippen molar-refractivity contribution in [3.05, 3.63) is 62.7 Å². The molecule has 2 aromatic carbocycles. The van der Waals surface area contributed by atoms with Crippen molar-refractivity contribution < 1.29 is 10.0 Å². The van der Waals surface area contributed by atoms with Crippen LogP contribution in [0.15, 0.2) is 41.3 Å². The lowest BCUT2D eigenvalue weighted by atomic mass is 10.0. The third-order valence-electron chi connectivity index (χ3n) is 2.96. The largest absolute Gasteiger partial charge is 0.506 e. The van der Waals surface area contributed by atoms with Gasteiger partial charge in [0, 0.05) is 22.9 Å². The molecule has 6 heteroatoms. The summed E-state index contributed by atoms with van der Waals surface area (Å²) in [6.45, 7) is 0. The fraction of sp³-hybridized carbons (Fsp3) is 0.143. The highest BCUT2D eigenvalue weighted by molar-refractivity contribution is 7.98. The highest BCUT2D eigenvalue weighted by Gasteiger charge is 2.17. The Morgan fingerprint density at radius 3 is 2.65 bits per heavy atom. The van der Waals surface area contributed by atoms with Crippen molar-refractivity contribution in [1.29, 1.82) is 0 Å². The molecule has 0 bridgehead atoms. The maximum Gasteiger partial charge on any atom is 0.272 e. The number of hydrogen-bond acceptors (Lipinski definition) is 4. The van der Waals surface area contributed by atoms with E-state index < -0.39 is 4.92 Å². The van der Waals surface area contributed by atoms with E-state index in [9.17, 15) is 15.2 Å². The number of nitro groups is 1. The predicted octanol–water partition coefficient (Wildman–Crippen LogP) is 4.27. The molecule has 0 spiro atoms. The summed E-state index contributed by atoms with van der Waals surface area (Å²) in [5.41, 5.74) is 1.33. The summed E-state index contributed by atoms with van der Waals surface area (Å²) in [6, 6.07) is 9.82. The van der Waals surface area contributed by atoms with Crippen LogP contribution in [-0.2, 0) is 6.42 Å². The van der Waals surface area contributed by atoms with Crippen molar-refractivity contribution in [2.24, 2.45) is 0 Å². The van der Waals surface area contributed by atoms with Crippen molar-refractivity contribution in [2.45, 2.75) is 11.3 Å². The van der Waals surface area contributed by atoms with Gasteiger partial charge < -0.3 is 5.11 Å². The number of benzene rings is 2. The first-order valence-corrected chi connectivity index (χ1v) is 7.41. The number of halogens is 1. The number of phenols is 1. The third kappa shape index (κ3) is 2.89. The number of nitrogens with zero attached hydrogens (tertiary/aromatic N) is 1. The quantitative estimate of drug-likeness (QED) is 0.520. The smallest absolute Gasteiger partial charge is 0.272 e. The summed E-state index contributed by atoms with van der Waals surface area (Å²) in [4.78, 5) is 11.5. The maximum atomic E-state index is 11.0. The summed E-state index contributed by atoms with van der Waals surface area (Å²) in [5.74, 6) is -0.0157. The number of hydrogen-bond donors (Lipinski definition) is 1. The van der Waals surface area contributed by atoms with Crippen LogP contribution in [0.2, 0.25) is 5.02 Å². The van der Waals surface area contributed by atoms with Crippen LogP contribution >= 0.6 is 23.4 Å². The standard InChI is InChI=1S/C14H12ClNO3S/c1-20-13-7-6-12(17)14(15)10(13)8-9-4-2-3-5-11(9)16(18)19/h2-7,17H,8H2,1H3. The molecule has 0 fully saturated rings. The van der Waals surface area contributed by atoms with Gasteiger partial charge in [-0.05, 0) is 24.0 Å². The highest BCUT2D eigenvalue weighted by atomic mass is 35.5. The molecule has 0 aliphatic heterocycles. The van der Waals surface area contributed by atoms with Gasteiger partial charge in [-0.25, -0.2) is 0 Å². The van der Waals surface area contributed by atoms with Crippen LogP contribution in [0.3, 0.4) is 0 Å². The molecule has 0 aromatic heterocycles. The topological polar surface area (TPSA) is 63.4 Å². The zero-order valence-electron chi connectivity index (χ0n) is 10.7. The number of para-hydroxylation sites is 1. The first-order valence-electron chi connectivity index (χ1n) is 5.81. The molecule has 1 N–H and O–H groups in total. The Morgan fingerprint density at radius 2 is 2.00 bits per heavy atom. The van der Waals surface area contributed by atoms with Crippen LogP contribution in [0, 0.1) is 10.1 Å². The lowest BCUT2D eigenvalue weighted by Crippen LogP contribution is -1.98. The lowest BCUT2D eigenvalue weighted by molar-refractivity contribution is -0.385. The van der Waals surface area contributed by atoms with Crippen LogP contribution in [0.5, 0.6) is 5.75 Å². The molecule has 0 aliphatic rings. The zero-order chi connectivity index (χ0) is 14.7. The minimum atomic E-state index is -0.412. The molecule has 0 amide bonds. The minimum Gasteiger partial charge on any atom is -0.506 e. The van der Waals surface area contributed by atoms with Gasteiger partial charge in [0.05, 0.1) is 9.95 Å². The van der Waals surface area contributed by atoms with Crippen molar-refractivity contribution >= 4 is 29.1 Å². The fourth-order valence-electron chi connectivity index (χ4n) is 1.98. The Balaban J connectivity index is 2.50. The highest BCUT2D eigenvalue weighted by Crippen LogP contribution is 2.36. The van der Waals surface area contributed by atoms with E-state index in [1.165, 1.54) is 23.9 Å². The molecule has 4 nitrogen and oxygen atoms in total. The molecule has 2 aromatic rings. The summed E-state index contributed by atoms with van der Waals surface area (Å²) in [6.07, 6.45) is 2.20. The third-order valence-corrected chi connectivity index (χ3v) is 4.20. The SMILES string of the molecule is CSc1ccc(O)c(Cl)c1Cc1ccccc1[N+](=O)[O-]. The number of aromatic hydroxyl groups is 1. The average Bonchev–Trinajstić information content (AvgIpc) is 2.44. The molecule has 20 heavy (non-hydrogen) atoms. The van der Waals surface area contributed by atoms with Crippen LogP contribution < -0.4 is 0 Å². The van der Waals surface area contributed by atoms with Gasteiger partial charge in [-0.15, -0.1) is 11.8 Å². The molecular weight excluding hydrogens is 298 g/mol. The second-order valence-electron chi connectivity index (χ2n) is 4.14. The Bertz CT molecular complexity index is 661. The van der Waals surface area contributed by atoms with Crippen LogP contribution in [0.4, 0.5) is 5.69 Å². The molecule has 104 valence electrons. The van der Waals surface area contributed by atoms with E-state index in [4.69, 9.17) is 11.6 Å². The molecule has 0 radical (unpaired) electrons. The van der Waals surface area contributed by atoms with Gasteiger partial charge in [-0.2, -0.15) is 0 Å². The Kier molecular flexibility index (Phi) is 4.52. The van der Waals surface area contributed by atoms with Gasteiger partial charge in [-0.1, -0.05) is 29.8 Å². The second kappa shape index (κ2) is 6.15. The van der Waals surface area contributed by atoms with E-state index in [0.29, 0.717) is 17.5 Å². The fourth-order valence-corrected chi connectivity index (χ4v) is 2.89. The second-order valence-corrected chi connectivity index (χ2v) is 5.37. The van der Waals surface area contributed by atoms with E-state index in [1.54, 1.807) is 24.3 Å². The molecule has 2 rings (SSSR count). The van der Waals surface area contributed by atoms with Gasteiger partial charge in [-0.3, -0.25) is 10.1 Å². The molecule has 0 heterocycles. The van der Waals surface area contributed by atoms with E-state index in [-0.39, 0.29) is 16.5 Å². The molecule has 0 saturated heterocycles. The number of rotatable bonds is 4. The summed E-state index contributed by atoms with van der Waals surface area (Å²) >= 11 is 7.61. The Morgan fingerprint density at radius 1 is 1.30 bits per heavy atom. The van der Waals surface area contributed by atoms with Gasteiger partial charge in [0.2, 0.25) is 0 Å². The lowest BCUT2D eigenvalue weighted by Gasteiger charge is -2.11. The van der Waals surface area contributed by atoms with Crippen molar-refractivity contribution in [1.82, 2.24) is 0 Å². The van der Waals surface area contributed by atoms with Gasteiger partial charge in [0.1, 0.15) is 5.75 Å². The Labute approximate surface area is 125 Å². The van der Waals surface area contributed by atoms with E-state index in [2.05, 4.69) is 0 Å². The monoisotopic (exact) mass is 309 g/mol. The van der Waals surface area contributed by atoms with Crippen LogP contribution in [0.1, 0.15) is 11.1 Å². The van der Waals surface area contributed by atoms with E-state index in [0.717, 1.165) is 4.90 Å². The first kappa shape index (κ1) is 14.7. The summed E-state index contributed by atoms with van der Waals surface area (Å²) in [7, 11) is 0. The molecule has 0 atom stereocenters. The average molecular weight is 310 g/mol. The summed E-state index contributed by atoms with van der Waals surface area (Å²) in [5, 5.41) is 21.0. The molecule has 0 unspecified atom stereocenters. The summed E-state index contributed by atoms with van der Waals surface area (Å²) < 4.78 is 0. The normalized spacial score (nSPS) is 10.5. The molecule has 0 saturated carbocycles. The Hall–Kier alpha value is -1.72. The van der Waals surface area contributed by atoms with E-state index >= 15 is 0 Å². The maximum absolute atomic E-state index is 11.0. The van der Waals surface area contributed by atoms with E-state index in [1.807, 2.05) is 6.26 Å². The first-order chi connectivity index (χ1) is 9.54. The zero-order valence-corrected chi connectivity index (χ0v) is 12.2. The van der Waals surface area contributed by atoms with Crippen LogP contribution in [-0.4, -0.2) is 16.3 Å². The number of nitro benzene ring substituents is 1. The van der Waals surface area contributed by atoms with Crippen LogP contribution in [0.25, 0.3) is 0 Å². The minimum absolute atomic E-state index is 0.0157. The van der Waals surface area contributed by atoms with Gasteiger partial charge in [0.15, 0.2) is 0 Å². The van der Waals surface area contributed by atoms with Crippen molar-refractivity contribution in [3.63, 3.8) is 0 Å². The van der Waals surface area contributed by atoms with Crippen molar-refractivity contribution in [3.8, 4) is 5.75 Å². The molecular formula is C14H12ClNO3S. The predicted molar refractivity (Wildman–Crippen MR) is 80.8 cm³/mol. The van der Waals surface area contributed by atoms with Gasteiger partial charge >= 0.3 is 0 Å². The van der Waals surface area contributed by atoms with Crippen molar-refractivity contribution in [2.75, 3.05) is 6.26 Å². The number of thioether (sulfide) groups is 1. The van der Waals surface area contributed by atoms with Gasteiger partial charge in [0.25, 0.3) is 5.69 Å². The molecule has 0 aliphatic carbocycles. The number of phenolic OH excluding ortho intramolecular Hbond substituents is 1.